The Morgan fingerprint density at radius 3 is 2.41 bits per heavy atom. The first-order chi connectivity index (χ1) is 19.8. The van der Waals surface area contributed by atoms with Crippen LogP contribution in [0.5, 0.6) is 0 Å². The molecule has 0 N–H and O–H groups in total. The number of hydrogen-bond acceptors (Lipinski definition) is 0. The van der Waals surface area contributed by atoms with Crippen LogP contribution in [-0.4, -0.2) is 0 Å². The number of hydrogen-bond donors (Lipinski definition) is 0. The zero-order valence-corrected chi connectivity index (χ0v) is 26.0. The third kappa shape index (κ3) is 5.59. The third-order valence-corrected chi connectivity index (χ3v) is 9.79. The summed E-state index contributed by atoms with van der Waals surface area (Å²) < 4.78 is 0. The Hall–Kier alpha value is -3.38. The summed E-state index contributed by atoms with van der Waals surface area (Å²) in [6, 6.07) is 16.0. The van der Waals surface area contributed by atoms with Gasteiger partial charge in [0.15, 0.2) is 0 Å². The Balaban J connectivity index is 1.45. The van der Waals surface area contributed by atoms with E-state index >= 15 is 0 Å². The van der Waals surface area contributed by atoms with Gasteiger partial charge in [-0.15, -0.1) is 0 Å². The van der Waals surface area contributed by atoms with Gasteiger partial charge < -0.3 is 0 Å². The summed E-state index contributed by atoms with van der Waals surface area (Å²) in [5.74, 6) is 1.69. The summed E-state index contributed by atoms with van der Waals surface area (Å²) in [6.45, 7) is 24.9. The highest BCUT2D eigenvalue weighted by Crippen LogP contribution is 2.57. The van der Waals surface area contributed by atoms with Crippen LogP contribution in [0.25, 0.3) is 11.1 Å². The van der Waals surface area contributed by atoms with Crippen LogP contribution in [0.4, 0.5) is 0 Å². The zero-order chi connectivity index (χ0) is 29.3. The average Bonchev–Trinajstić information content (AvgIpc) is 3.55. The van der Waals surface area contributed by atoms with Crippen molar-refractivity contribution < 1.29 is 0 Å². The second kappa shape index (κ2) is 12.2. The maximum absolute atomic E-state index is 4.80. The first-order valence-corrected chi connectivity index (χ1v) is 15.8. The molecule has 0 aromatic heterocycles. The molecular weight excluding hydrogens is 492 g/mol. The number of benzene rings is 2. The van der Waals surface area contributed by atoms with Crippen LogP contribution >= 0.6 is 0 Å². The molecule has 0 radical (unpaired) electrons. The minimum Gasteiger partial charge on any atom is -0.0995 e. The van der Waals surface area contributed by atoms with Crippen LogP contribution in [0.1, 0.15) is 94.0 Å². The minimum atomic E-state index is 0.361. The molecular formula is C41H48. The molecule has 41 heavy (non-hydrogen) atoms. The molecule has 3 aliphatic rings. The van der Waals surface area contributed by atoms with Crippen molar-refractivity contribution in [3.63, 3.8) is 0 Å². The molecule has 3 aliphatic carbocycles. The number of aryl methyl sites for hydroxylation is 2. The Labute approximate surface area is 249 Å². The number of rotatable bonds is 9. The molecule has 2 aromatic rings. The lowest BCUT2D eigenvalue weighted by Crippen LogP contribution is -2.32. The number of allylic oxidation sites excluding steroid dienone is 11. The van der Waals surface area contributed by atoms with Gasteiger partial charge in [-0.05, 0) is 101 Å². The Morgan fingerprint density at radius 2 is 1.71 bits per heavy atom. The maximum atomic E-state index is 4.80. The predicted molar refractivity (Wildman–Crippen MR) is 180 cm³/mol. The molecule has 212 valence electrons. The lowest BCUT2D eigenvalue weighted by Gasteiger charge is -2.42. The van der Waals surface area contributed by atoms with Crippen molar-refractivity contribution in [2.75, 3.05) is 0 Å². The van der Waals surface area contributed by atoms with Gasteiger partial charge in [-0.25, -0.2) is 0 Å². The van der Waals surface area contributed by atoms with E-state index in [2.05, 4.69) is 115 Å². The van der Waals surface area contributed by atoms with E-state index in [0.29, 0.717) is 23.7 Å². The van der Waals surface area contributed by atoms with E-state index in [9.17, 15) is 0 Å². The average molecular weight is 541 g/mol. The highest BCUT2D eigenvalue weighted by atomic mass is 14.5. The van der Waals surface area contributed by atoms with Crippen LogP contribution in [0.2, 0.25) is 0 Å². The molecule has 0 heteroatoms. The summed E-state index contributed by atoms with van der Waals surface area (Å²) in [4.78, 5) is 0. The van der Waals surface area contributed by atoms with Crippen LogP contribution in [-0.2, 0) is 12.8 Å². The molecule has 0 nitrogen and oxygen atoms in total. The van der Waals surface area contributed by atoms with Crippen molar-refractivity contribution in [3.8, 4) is 0 Å². The van der Waals surface area contributed by atoms with Crippen molar-refractivity contribution in [1.29, 1.82) is 0 Å². The van der Waals surface area contributed by atoms with Crippen LogP contribution in [0.15, 0.2) is 114 Å². The van der Waals surface area contributed by atoms with E-state index in [0.717, 1.165) is 44.1 Å². The van der Waals surface area contributed by atoms with E-state index in [1.54, 1.807) is 5.57 Å². The molecule has 0 saturated heterocycles. The fourth-order valence-electron chi connectivity index (χ4n) is 7.78. The quantitative estimate of drug-likeness (QED) is 0.277. The molecule has 4 unspecified atom stereocenters. The van der Waals surface area contributed by atoms with Gasteiger partial charge in [0.05, 0.1) is 0 Å². The largest absolute Gasteiger partial charge is 0.0995 e. The van der Waals surface area contributed by atoms with Gasteiger partial charge >= 0.3 is 0 Å². The summed E-state index contributed by atoms with van der Waals surface area (Å²) in [7, 11) is 0. The van der Waals surface area contributed by atoms with E-state index < -0.39 is 0 Å². The SMILES string of the molecule is C=C(C)c1ccc(C2=CC=C(C=C3CC4=CC(C)C(C(=C)CCC)C(c5ccccc5CC)C4C3=C)C2)c(CC)c1. The maximum Gasteiger partial charge on any atom is 0.0123 e. The van der Waals surface area contributed by atoms with E-state index in [1.807, 2.05) is 0 Å². The first-order valence-electron chi connectivity index (χ1n) is 15.8. The molecule has 4 atom stereocenters. The van der Waals surface area contributed by atoms with Gasteiger partial charge in [0, 0.05) is 11.8 Å². The zero-order valence-electron chi connectivity index (χ0n) is 26.0. The van der Waals surface area contributed by atoms with Gasteiger partial charge in [-0.1, -0.05) is 137 Å². The van der Waals surface area contributed by atoms with E-state index in [4.69, 9.17) is 6.58 Å². The lowest BCUT2D eigenvalue weighted by atomic mass is 9.61. The van der Waals surface area contributed by atoms with Crippen LogP contribution < -0.4 is 0 Å². The molecule has 0 amide bonds. The molecule has 0 bridgehead atoms. The van der Waals surface area contributed by atoms with E-state index in [-0.39, 0.29) is 0 Å². The molecule has 0 heterocycles. The highest BCUT2D eigenvalue weighted by molar-refractivity contribution is 5.77. The van der Waals surface area contributed by atoms with Gasteiger partial charge in [0.25, 0.3) is 0 Å². The third-order valence-electron chi connectivity index (χ3n) is 9.79. The van der Waals surface area contributed by atoms with Gasteiger partial charge in [-0.3, -0.25) is 0 Å². The normalized spacial score (nSPS) is 24.7. The van der Waals surface area contributed by atoms with Crippen molar-refractivity contribution >= 4 is 11.1 Å². The molecule has 2 aromatic carbocycles. The molecule has 0 spiro atoms. The highest BCUT2D eigenvalue weighted by Gasteiger charge is 2.45. The Bertz CT molecular complexity index is 1500. The van der Waals surface area contributed by atoms with Crippen molar-refractivity contribution in [1.82, 2.24) is 0 Å². The monoisotopic (exact) mass is 540 g/mol. The van der Waals surface area contributed by atoms with Crippen LogP contribution in [0.3, 0.4) is 0 Å². The Morgan fingerprint density at radius 1 is 0.951 bits per heavy atom. The smallest absolute Gasteiger partial charge is 0.0123 e. The standard InChI is InChI=1S/C41H48/c1-9-14-27(6)39-28(7)21-36-25-35(29(8)40(36)41(39)38-16-13-12-15-31(38)10-2)23-30-17-18-34(22-30)37-20-19-33(26(4)5)24-32(37)11-3/h12-13,15-21,23-24,28,39-41H,4,6,8-11,14,22,25H2,1-3,5,7H3. The summed E-state index contributed by atoms with van der Waals surface area (Å²) in [6.07, 6.45) is 16.0. The van der Waals surface area contributed by atoms with Gasteiger partial charge in [0.2, 0.25) is 0 Å². The van der Waals surface area contributed by atoms with Crippen LogP contribution in [0, 0.1) is 17.8 Å². The molecule has 0 aliphatic heterocycles. The van der Waals surface area contributed by atoms with Crippen molar-refractivity contribution in [2.24, 2.45) is 17.8 Å². The predicted octanol–water partition coefficient (Wildman–Crippen LogP) is 11.4. The molecule has 5 rings (SSSR count). The van der Waals surface area contributed by atoms with Crippen molar-refractivity contribution in [3.05, 3.63) is 142 Å². The Kier molecular flexibility index (Phi) is 8.69. The second-order valence-corrected chi connectivity index (χ2v) is 12.6. The lowest BCUT2D eigenvalue weighted by molar-refractivity contribution is 0.321. The van der Waals surface area contributed by atoms with Gasteiger partial charge in [-0.2, -0.15) is 0 Å². The fraction of sp³-hybridized carbons (Fsp3) is 0.366. The number of fused-ring (bicyclic) bond motifs is 1. The topological polar surface area (TPSA) is 0 Å². The summed E-state index contributed by atoms with van der Waals surface area (Å²) in [5.41, 5.74) is 16.7. The second-order valence-electron chi connectivity index (χ2n) is 12.6. The molecule has 1 saturated carbocycles. The van der Waals surface area contributed by atoms with Gasteiger partial charge in [0.1, 0.15) is 0 Å². The van der Waals surface area contributed by atoms with E-state index in [1.165, 1.54) is 55.7 Å². The fourth-order valence-corrected chi connectivity index (χ4v) is 7.78. The molecule has 1 fully saturated rings. The summed E-state index contributed by atoms with van der Waals surface area (Å²) >= 11 is 0. The van der Waals surface area contributed by atoms with Crippen molar-refractivity contribution in [2.45, 2.75) is 79.1 Å². The minimum absolute atomic E-state index is 0.361. The summed E-state index contributed by atoms with van der Waals surface area (Å²) in [5, 5.41) is 0. The first kappa shape index (κ1) is 29.1.